The molecule has 0 fully saturated rings. The minimum atomic E-state index is -0.309. The Bertz CT molecular complexity index is 733. The van der Waals surface area contributed by atoms with Gasteiger partial charge in [0, 0.05) is 17.8 Å². The van der Waals surface area contributed by atoms with Gasteiger partial charge in [0.15, 0.2) is 11.5 Å². The third-order valence-electron chi connectivity index (χ3n) is 4.27. The highest BCUT2D eigenvalue weighted by Crippen LogP contribution is 2.31. The zero-order chi connectivity index (χ0) is 20.0. The molecule has 5 heteroatoms. The van der Waals surface area contributed by atoms with Gasteiger partial charge in [0.1, 0.15) is 11.8 Å². The van der Waals surface area contributed by atoms with Crippen molar-refractivity contribution >= 4 is 11.6 Å². The van der Waals surface area contributed by atoms with Crippen molar-refractivity contribution in [3.8, 4) is 17.2 Å². The van der Waals surface area contributed by atoms with Gasteiger partial charge in [0.25, 0.3) is 0 Å². The monoisotopic (exact) mass is 370 g/mol. The Kier molecular flexibility index (Phi) is 7.11. The fraction of sp³-hybridized carbons (Fsp3) is 0.409. The Labute approximate surface area is 162 Å². The molecule has 146 valence electrons. The average Bonchev–Trinajstić information content (AvgIpc) is 2.63. The van der Waals surface area contributed by atoms with Crippen molar-refractivity contribution in [2.75, 3.05) is 12.4 Å². The van der Waals surface area contributed by atoms with E-state index in [0.717, 1.165) is 5.69 Å². The molecule has 0 spiro atoms. The van der Waals surface area contributed by atoms with Crippen LogP contribution in [0.5, 0.6) is 17.2 Å². The highest BCUT2D eigenvalue weighted by Gasteiger charge is 2.24. The molecule has 0 aliphatic carbocycles. The molecule has 0 saturated carbocycles. The maximum atomic E-state index is 12.7. The van der Waals surface area contributed by atoms with E-state index in [0.29, 0.717) is 17.2 Å². The largest absolute Gasteiger partial charge is 0.493 e. The Morgan fingerprint density at radius 3 is 1.96 bits per heavy atom. The van der Waals surface area contributed by atoms with Gasteiger partial charge in [0.05, 0.1) is 7.11 Å². The molecule has 0 bridgehead atoms. The SMILES string of the molecule is COc1ccccc1Oc1ccc(N[C@@H](C)C(=O)N(C(C)C)C(C)C)cc1. The lowest BCUT2D eigenvalue weighted by atomic mass is 10.1. The Balaban J connectivity index is 2.03. The van der Waals surface area contributed by atoms with Gasteiger partial charge in [-0.1, -0.05) is 12.1 Å². The van der Waals surface area contributed by atoms with Crippen molar-refractivity contribution in [2.24, 2.45) is 0 Å². The molecule has 27 heavy (non-hydrogen) atoms. The third-order valence-corrected chi connectivity index (χ3v) is 4.27. The molecule has 2 aromatic carbocycles. The third kappa shape index (κ3) is 5.39. The molecule has 0 saturated heterocycles. The molecular weight excluding hydrogens is 340 g/mol. The van der Waals surface area contributed by atoms with Crippen LogP contribution in [0.4, 0.5) is 5.69 Å². The van der Waals surface area contributed by atoms with E-state index in [9.17, 15) is 4.79 Å². The number of amides is 1. The van der Waals surface area contributed by atoms with Crippen LogP contribution in [0.25, 0.3) is 0 Å². The fourth-order valence-electron chi connectivity index (χ4n) is 3.09. The second-order valence-electron chi connectivity index (χ2n) is 7.08. The molecule has 0 radical (unpaired) electrons. The Morgan fingerprint density at radius 2 is 1.44 bits per heavy atom. The van der Waals surface area contributed by atoms with E-state index >= 15 is 0 Å². The molecule has 1 N–H and O–H groups in total. The van der Waals surface area contributed by atoms with Gasteiger partial charge in [-0.05, 0) is 71.0 Å². The van der Waals surface area contributed by atoms with Crippen LogP contribution >= 0.6 is 0 Å². The van der Waals surface area contributed by atoms with E-state index in [1.807, 2.05) is 88.0 Å². The van der Waals surface area contributed by atoms with Crippen LogP contribution in [0.15, 0.2) is 48.5 Å². The van der Waals surface area contributed by atoms with Crippen LogP contribution < -0.4 is 14.8 Å². The van der Waals surface area contributed by atoms with Crippen molar-refractivity contribution in [3.63, 3.8) is 0 Å². The van der Waals surface area contributed by atoms with Crippen LogP contribution in [0, 0.1) is 0 Å². The lowest BCUT2D eigenvalue weighted by molar-refractivity contribution is -0.135. The average molecular weight is 370 g/mol. The summed E-state index contributed by atoms with van der Waals surface area (Å²) in [6.07, 6.45) is 0. The van der Waals surface area contributed by atoms with Crippen LogP contribution in [-0.2, 0) is 4.79 Å². The molecule has 2 rings (SSSR count). The number of para-hydroxylation sites is 2. The normalized spacial score (nSPS) is 12.0. The molecule has 0 unspecified atom stereocenters. The van der Waals surface area contributed by atoms with Gasteiger partial charge in [-0.25, -0.2) is 0 Å². The second kappa shape index (κ2) is 9.31. The second-order valence-corrected chi connectivity index (χ2v) is 7.08. The van der Waals surface area contributed by atoms with Crippen molar-refractivity contribution in [3.05, 3.63) is 48.5 Å². The molecule has 2 aromatic rings. The van der Waals surface area contributed by atoms with E-state index < -0.39 is 0 Å². The first-order valence-electron chi connectivity index (χ1n) is 9.33. The molecule has 0 aliphatic heterocycles. The smallest absolute Gasteiger partial charge is 0.245 e. The summed E-state index contributed by atoms with van der Waals surface area (Å²) < 4.78 is 11.2. The zero-order valence-electron chi connectivity index (χ0n) is 17.0. The molecule has 0 heterocycles. The minimum Gasteiger partial charge on any atom is -0.493 e. The van der Waals surface area contributed by atoms with E-state index in [1.165, 1.54) is 0 Å². The summed E-state index contributed by atoms with van der Waals surface area (Å²) in [6.45, 7) is 10.0. The Morgan fingerprint density at radius 1 is 0.889 bits per heavy atom. The maximum Gasteiger partial charge on any atom is 0.245 e. The summed E-state index contributed by atoms with van der Waals surface area (Å²) in [5, 5.41) is 3.27. The number of nitrogens with one attached hydrogen (secondary N) is 1. The number of rotatable bonds is 8. The number of carbonyl (C=O) groups excluding carboxylic acids is 1. The first-order valence-corrected chi connectivity index (χ1v) is 9.33. The fourth-order valence-corrected chi connectivity index (χ4v) is 3.09. The highest BCUT2D eigenvalue weighted by atomic mass is 16.5. The quantitative estimate of drug-likeness (QED) is 0.715. The van der Waals surface area contributed by atoms with E-state index in [2.05, 4.69) is 5.32 Å². The van der Waals surface area contributed by atoms with Gasteiger partial charge < -0.3 is 19.7 Å². The summed E-state index contributed by atoms with van der Waals surface area (Å²) in [5.74, 6) is 2.14. The number of nitrogens with zero attached hydrogens (tertiary/aromatic N) is 1. The number of methoxy groups -OCH3 is 1. The zero-order valence-corrected chi connectivity index (χ0v) is 17.0. The summed E-state index contributed by atoms with van der Waals surface area (Å²) in [5.41, 5.74) is 0.871. The highest BCUT2D eigenvalue weighted by molar-refractivity contribution is 5.84. The van der Waals surface area contributed by atoms with Crippen molar-refractivity contribution in [2.45, 2.75) is 52.7 Å². The van der Waals surface area contributed by atoms with Crippen LogP contribution in [0.2, 0.25) is 0 Å². The van der Waals surface area contributed by atoms with Crippen LogP contribution in [-0.4, -0.2) is 36.0 Å². The number of ether oxygens (including phenoxy) is 2. The predicted molar refractivity (Wildman–Crippen MR) is 110 cm³/mol. The van der Waals surface area contributed by atoms with Gasteiger partial charge in [0.2, 0.25) is 5.91 Å². The lowest BCUT2D eigenvalue weighted by Gasteiger charge is -2.33. The summed E-state index contributed by atoms with van der Waals surface area (Å²) >= 11 is 0. The van der Waals surface area contributed by atoms with Crippen molar-refractivity contribution in [1.29, 1.82) is 0 Å². The van der Waals surface area contributed by atoms with Crippen LogP contribution in [0.1, 0.15) is 34.6 Å². The topological polar surface area (TPSA) is 50.8 Å². The summed E-state index contributed by atoms with van der Waals surface area (Å²) in [4.78, 5) is 14.6. The molecular formula is C22H30N2O3. The number of hydrogen-bond acceptors (Lipinski definition) is 4. The molecule has 0 aliphatic rings. The number of anilines is 1. The van der Waals surface area contributed by atoms with E-state index in [1.54, 1.807) is 7.11 Å². The molecule has 5 nitrogen and oxygen atoms in total. The number of carbonyl (C=O) groups is 1. The van der Waals surface area contributed by atoms with Gasteiger partial charge in [-0.3, -0.25) is 4.79 Å². The standard InChI is InChI=1S/C22H30N2O3/c1-15(2)24(16(3)4)22(25)17(5)23-18-11-13-19(14-12-18)27-21-10-8-7-9-20(21)26-6/h7-17,23H,1-6H3/t17-/m0/s1. The first-order chi connectivity index (χ1) is 12.8. The molecule has 1 amide bonds. The predicted octanol–water partition coefficient (Wildman–Crippen LogP) is 4.93. The number of hydrogen-bond donors (Lipinski definition) is 1. The first kappa shape index (κ1) is 20.6. The minimum absolute atomic E-state index is 0.0920. The van der Waals surface area contributed by atoms with Gasteiger partial charge >= 0.3 is 0 Å². The van der Waals surface area contributed by atoms with Gasteiger partial charge in [-0.2, -0.15) is 0 Å². The summed E-state index contributed by atoms with van der Waals surface area (Å²) in [7, 11) is 1.62. The Hall–Kier alpha value is -2.69. The molecule has 0 aromatic heterocycles. The van der Waals surface area contributed by atoms with Gasteiger partial charge in [-0.15, -0.1) is 0 Å². The molecule has 1 atom stereocenters. The van der Waals surface area contributed by atoms with Crippen LogP contribution in [0.3, 0.4) is 0 Å². The maximum absolute atomic E-state index is 12.7. The summed E-state index contributed by atoms with van der Waals surface area (Å²) in [6, 6.07) is 15.1. The van der Waals surface area contributed by atoms with Crippen molar-refractivity contribution < 1.29 is 14.3 Å². The lowest BCUT2D eigenvalue weighted by Crippen LogP contribution is -2.48. The van der Waals surface area contributed by atoms with Crippen molar-refractivity contribution in [1.82, 2.24) is 4.90 Å². The van der Waals surface area contributed by atoms with E-state index in [4.69, 9.17) is 9.47 Å². The number of benzene rings is 2. The van der Waals surface area contributed by atoms with E-state index in [-0.39, 0.29) is 24.0 Å².